The van der Waals surface area contributed by atoms with Gasteiger partial charge >= 0.3 is 0 Å². The van der Waals surface area contributed by atoms with Crippen LogP contribution in [0.2, 0.25) is 0 Å². The van der Waals surface area contributed by atoms with E-state index in [4.69, 9.17) is 0 Å². The molecule has 5 nitrogen and oxygen atoms in total. The van der Waals surface area contributed by atoms with Crippen LogP contribution in [0.3, 0.4) is 0 Å². The number of nitrogens with zero attached hydrogens (tertiary/aromatic N) is 3. The summed E-state index contributed by atoms with van der Waals surface area (Å²) in [5.74, 6) is 0.391. The molecule has 0 spiro atoms. The zero-order valence-corrected chi connectivity index (χ0v) is 11.7. The second-order valence-electron chi connectivity index (χ2n) is 4.14. The van der Waals surface area contributed by atoms with E-state index < -0.39 is 0 Å². The van der Waals surface area contributed by atoms with Crippen LogP contribution in [0.25, 0.3) is 15.3 Å². The number of imidazole rings is 1. The number of carbonyl (C=O) groups is 1. The summed E-state index contributed by atoms with van der Waals surface area (Å²) in [4.78, 5) is 23.2. The molecule has 0 aromatic carbocycles. The van der Waals surface area contributed by atoms with E-state index in [0.29, 0.717) is 10.7 Å². The van der Waals surface area contributed by atoms with E-state index in [1.54, 1.807) is 23.6 Å². The van der Waals surface area contributed by atoms with Gasteiger partial charge in [-0.1, -0.05) is 6.07 Å². The maximum atomic E-state index is 12.2. The quantitative estimate of drug-likeness (QED) is 0.618. The predicted molar refractivity (Wildman–Crippen MR) is 80.6 cm³/mol. The highest BCUT2D eigenvalue weighted by Gasteiger charge is 2.15. The molecule has 98 valence electrons. The molecule has 0 bridgehead atoms. The van der Waals surface area contributed by atoms with Crippen molar-refractivity contribution >= 4 is 49.7 Å². The molecular formula is C13H8N4OS2. The molecule has 0 unspecified atom stereocenters. The number of amides is 1. The number of fused-ring (bicyclic) bond motifs is 3. The largest absolute Gasteiger partial charge is 0.306 e. The molecule has 7 heteroatoms. The van der Waals surface area contributed by atoms with Crippen LogP contribution in [-0.2, 0) is 0 Å². The summed E-state index contributed by atoms with van der Waals surface area (Å²) >= 11 is 2.97. The molecule has 4 rings (SSSR count). The van der Waals surface area contributed by atoms with Crippen LogP contribution in [0.5, 0.6) is 0 Å². The van der Waals surface area contributed by atoms with Crippen molar-refractivity contribution in [1.82, 2.24) is 14.4 Å². The first kappa shape index (κ1) is 11.6. The fraction of sp³-hybridized carbons (Fsp3) is 0. The Labute approximate surface area is 121 Å². The van der Waals surface area contributed by atoms with Gasteiger partial charge in [-0.05, 0) is 18.2 Å². The Kier molecular flexibility index (Phi) is 2.54. The van der Waals surface area contributed by atoms with Gasteiger partial charge in [0.05, 0.1) is 10.4 Å². The Morgan fingerprint density at radius 3 is 3.15 bits per heavy atom. The Morgan fingerprint density at radius 1 is 1.35 bits per heavy atom. The third-order valence-electron chi connectivity index (χ3n) is 2.87. The first-order valence-electron chi connectivity index (χ1n) is 5.89. The van der Waals surface area contributed by atoms with Crippen LogP contribution in [0.4, 0.5) is 5.82 Å². The normalized spacial score (nSPS) is 11.2. The van der Waals surface area contributed by atoms with Crippen molar-refractivity contribution in [1.29, 1.82) is 0 Å². The van der Waals surface area contributed by atoms with E-state index in [2.05, 4.69) is 15.3 Å². The van der Waals surface area contributed by atoms with Crippen LogP contribution in [0.1, 0.15) is 9.67 Å². The minimum Gasteiger partial charge on any atom is -0.306 e. The van der Waals surface area contributed by atoms with Gasteiger partial charge in [0.15, 0.2) is 4.96 Å². The van der Waals surface area contributed by atoms with Crippen molar-refractivity contribution in [3.05, 3.63) is 46.9 Å². The monoisotopic (exact) mass is 300 g/mol. The van der Waals surface area contributed by atoms with Crippen molar-refractivity contribution in [3.63, 3.8) is 0 Å². The molecule has 0 saturated carbocycles. The van der Waals surface area contributed by atoms with Crippen LogP contribution in [0.15, 0.2) is 42.0 Å². The zero-order chi connectivity index (χ0) is 13.5. The first-order chi connectivity index (χ1) is 9.81. The van der Waals surface area contributed by atoms with E-state index >= 15 is 0 Å². The van der Waals surface area contributed by atoms with E-state index in [1.807, 2.05) is 34.2 Å². The lowest BCUT2D eigenvalue weighted by Crippen LogP contribution is -2.10. The average molecular weight is 300 g/mol. The third kappa shape index (κ3) is 1.79. The van der Waals surface area contributed by atoms with Gasteiger partial charge in [0.25, 0.3) is 5.91 Å². The molecule has 4 aromatic heterocycles. The summed E-state index contributed by atoms with van der Waals surface area (Å²) in [6, 6.07) is 7.27. The minimum atomic E-state index is -0.157. The summed E-state index contributed by atoms with van der Waals surface area (Å²) in [7, 11) is 0. The molecule has 1 N–H and O–H groups in total. The van der Waals surface area contributed by atoms with Crippen LogP contribution in [-0.4, -0.2) is 20.3 Å². The highest BCUT2D eigenvalue weighted by molar-refractivity contribution is 7.21. The lowest BCUT2D eigenvalue weighted by Gasteiger charge is -2.00. The molecule has 0 aliphatic rings. The predicted octanol–water partition coefficient (Wildman–Crippen LogP) is 3.26. The maximum absolute atomic E-state index is 12.2. The number of carbonyl (C=O) groups excluding carboxylic acids is 1. The molecule has 20 heavy (non-hydrogen) atoms. The number of hydrogen-bond acceptors (Lipinski definition) is 5. The molecule has 0 aliphatic carbocycles. The smallest absolute Gasteiger partial charge is 0.267 e. The van der Waals surface area contributed by atoms with Gasteiger partial charge in [-0.2, -0.15) is 0 Å². The van der Waals surface area contributed by atoms with Crippen molar-refractivity contribution in [3.8, 4) is 0 Å². The third-order valence-corrected chi connectivity index (χ3v) is 4.64. The van der Waals surface area contributed by atoms with E-state index in [0.717, 1.165) is 15.3 Å². The molecule has 0 fully saturated rings. The van der Waals surface area contributed by atoms with Crippen LogP contribution >= 0.6 is 22.7 Å². The number of hydrogen-bond donors (Lipinski definition) is 1. The van der Waals surface area contributed by atoms with Gasteiger partial charge in [-0.3, -0.25) is 9.20 Å². The second kappa shape index (κ2) is 4.39. The van der Waals surface area contributed by atoms with E-state index in [1.165, 1.54) is 11.3 Å². The summed E-state index contributed by atoms with van der Waals surface area (Å²) < 4.78 is 1.99. The Morgan fingerprint density at radius 2 is 2.30 bits per heavy atom. The maximum Gasteiger partial charge on any atom is 0.267 e. The number of pyridine rings is 1. The van der Waals surface area contributed by atoms with Crippen LogP contribution in [0, 0.1) is 0 Å². The molecule has 0 atom stereocenters. The lowest BCUT2D eigenvalue weighted by atomic mass is 10.4. The number of anilines is 1. The van der Waals surface area contributed by atoms with E-state index in [9.17, 15) is 4.79 Å². The summed E-state index contributed by atoms with van der Waals surface area (Å²) in [5, 5.41) is 4.76. The van der Waals surface area contributed by atoms with Crippen molar-refractivity contribution in [2.45, 2.75) is 0 Å². The van der Waals surface area contributed by atoms with Crippen molar-refractivity contribution in [2.24, 2.45) is 0 Å². The Hall–Kier alpha value is -2.25. The fourth-order valence-corrected chi connectivity index (χ4v) is 3.67. The van der Waals surface area contributed by atoms with Gasteiger partial charge in [0.2, 0.25) is 0 Å². The summed E-state index contributed by atoms with van der Waals surface area (Å²) in [6.45, 7) is 0. The highest BCUT2D eigenvalue weighted by atomic mass is 32.1. The highest BCUT2D eigenvalue weighted by Crippen LogP contribution is 2.28. The van der Waals surface area contributed by atoms with Gasteiger partial charge in [-0.25, -0.2) is 9.97 Å². The molecule has 4 aromatic rings. The number of aromatic nitrogens is 3. The van der Waals surface area contributed by atoms with Gasteiger partial charge in [-0.15, -0.1) is 22.7 Å². The first-order valence-corrected chi connectivity index (χ1v) is 7.58. The zero-order valence-electron chi connectivity index (χ0n) is 10.1. The molecule has 1 amide bonds. The van der Waals surface area contributed by atoms with Gasteiger partial charge in [0, 0.05) is 17.8 Å². The number of rotatable bonds is 2. The topological polar surface area (TPSA) is 59.3 Å². The Balaban J connectivity index is 1.70. The molecule has 0 aliphatic heterocycles. The number of thiazole rings is 1. The Bertz CT molecular complexity index is 906. The fourth-order valence-electron chi connectivity index (χ4n) is 1.97. The summed E-state index contributed by atoms with van der Waals surface area (Å²) in [5.41, 5.74) is 0.970. The average Bonchev–Trinajstić information content (AvgIpc) is 3.10. The van der Waals surface area contributed by atoms with Crippen LogP contribution < -0.4 is 5.32 Å². The SMILES string of the molecule is O=C(Nc1ccccn1)c1cc2c(nc3sccn32)s1. The number of nitrogens with one attached hydrogen (secondary N) is 1. The molecular weight excluding hydrogens is 292 g/mol. The van der Waals surface area contributed by atoms with Gasteiger partial charge < -0.3 is 5.32 Å². The lowest BCUT2D eigenvalue weighted by molar-refractivity contribution is 0.103. The number of thiophene rings is 1. The molecule has 0 radical (unpaired) electrons. The second-order valence-corrected chi connectivity index (χ2v) is 6.04. The standard InChI is InChI=1S/C13H8N4OS2/c18-11(15-10-3-1-2-4-14-10)9-7-8-12(20-9)16-13-17(8)5-6-19-13/h1-7H,(H,14,15,18). The van der Waals surface area contributed by atoms with Crippen molar-refractivity contribution in [2.75, 3.05) is 5.32 Å². The van der Waals surface area contributed by atoms with Gasteiger partial charge in [0.1, 0.15) is 10.6 Å². The summed E-state index contributed by atoms with van der Waals surface area (Å²) in [6.07, 6.45) is 3.61. The van der Waals surface area contributed by atoms with Crippen molar-refractivity contribution < 1.29 is 4.79 Å². The van der Waals surface area contributed by atoms with E-state index in [-0.39, 0.29) is 5.91 Å². The minimum absolute atomic E-state index is 0.157. The molecule has 4 heterocycles. The molecule has 0 saturated heterocycles.